The molecule has 4 nitrogen and oxygen atoms in total. The first-order chi connectivity index (χ1) is 5.33. The Morgan fingerprint density at radius 3 is 3.09 bits per heavy atom. The van der Waals surface area contributed by atoms with Gasteiger partial charge in [0.15, 0.2) is 5.82 Å². The number of rotatable bonds is 4. The fraction of sp³-hybridized carbons (Fsp3) is 0.714. The van der Waals surface area contributed by atoms with Crippen LogP contribution in [0.25, 0.3) is 0 Å². The van der Waals surface area contributed by atoms with Gasteiger partial charge in [0.2, 0.25) is 6.39 Å². The van der Waals surface area contributed by atoms with E-state index >= 15 is 0 Å². The molecule has 1 rings (SSSR count). The van der Waals surface area contributed by atoms with Crippen LogP contribution in [0.4, 0.5) is 0 Å². The summed E-state index contributed by atoms with van der Waals surface area (Å²) in [4.78, 5) is 3.88. The van der Waals surface area contributed by atoms with Gasteiger partial charge in [0.1, 0.15) is 0 Å². The fourth-order valence-electron chi connectivity index (χ4n) is 0.680. The maximum atomic E-state index is 4.58. The van der Waals surface area contributed by atoms with E-state index in [-0.39, 0.29) is 0 Å². The molecule has 0 aliphatic heterocycles. The van der Waals surface area contributed by atoms with E-state index in [1.165, 1.54) is 6.39 Å². The average Bonchev–Trinajstić information content (AvgIpc) is 2.52. The molecule has 0 saturated heterocycles. The molecule has 0 aliphatic carbocycles. The van der Waals surface area contributed by atoms with Gasteiger partial charge in [0.25, 0.3) is 0 Å². The van der Waals surface area contributed by atoms with Gasteiger partial charge >= 0.3 is 0 Å². The summed E-state index contributed by atoms with van der Waals surface area (Å²) in [6, 6.07) is 0.508. The van der Waals surface area contributed by atoms with Crippen molar-refractivity contribution in [1.29, 1.82) is 0 Å². The molecule has 0 spiro atoms. The molecule has 1 heterocycles. The molecule has 0 bridgehead atoms. The molecule has 0 saturated carbocycles. The molecule has 0 aliphatic rings. The largest absolute Gasteiger partial charge is 0.343 e. The fourth-order valence-corrected chi connectivity index (χ4v) is 0.680. The molecule has 1 aromatic heterocycles. The second-order valence-corrected chi connectivity index (χ2v) is 2.54. The average molecular weight is 155 g/mol. The molecule has 0 fully saturated rings. The third-order valence-corrected chi connectivity index (χ3v) is 1.63. The zero-order valence-corrected chi connectivity index (χ0v) is 6.87. The number of nitrogens with one attached hydrogen (secondary N) is 1. The van der Waals surface area contributed by atoms with Crippen LogP contribution in [0.1, 0.15) is 26.1 Å². The first-order valence-corrected chi connectivity index (χ1v) is 3.81. The Morgan fingerprint density at radius 1 is 1.73 bits per heavy atom. The SMILES string of the molecule is CCC(C)NCc1ncon1. The van der Waals surface area contributed by atoms with Gasteiger partial charge in [-0.1, -0.05) is 12.1 Å². The van der Waals surface area contributed by atoms with Crippen molar-refractivity contribution >= 4 is 0 Å². The van der Waals surface area contributed by atoms with Crippen LogP contribution < -0.4 is 5.32 Å². The summed E-state index contributed by atoms with van der Waals surface area (Å²) in [5.74, 6) is 0.713. The van der Waals surface area contributed by atoms with Gasteiger partial charge in [-0.3, -0.25) is 0 Å². The zero-order valence-electron chi connectivity index (χ0n) is 6.87. The topological polar surface area (TPSA) is 51.0 Å². The van der Waals surface area contributed by atoms with Crippen LogP contribution in [0.3, 0.4) is 0 Å². The third-order valence-electron chi connectivity index (χ3n) is 1.63. The molecule has 0 aromatic carbocycles. The van der Waals surface area contributed by atoms with Gasteiger partial charge in [-0.15, -0.1) is 0 Å². The normalized spacial score (nSPS) is 13.3. The van der Waals surface area contributed by atoms with Crippen molar-refractivity contribution in [3.63, 3.8) is 0 Å². The van der Waals surface area contributed by atoms with E-state index in [0.29, 0.717) is 18.4 Å². The highest BCUT2D eigenvalue weighted by Crippen LogP contribution is 1.91. The highest BCUT2D eigenvalue weighted by molar-refractivity contribution is 4.77. The van der Waals surface area contributed by atoms with Gasteiger partial charge in [-0.25, -0.2) is 0 Å². The quantitative estimate of drug-likeness (QED) is 0.703. The number of hydrogen-bond donors (Lipinski definition) is 1. The second kappa shape index (κ2) is 4.08. The van der Waals surface area contributed by atoms with Crippen LogP contribution in [-0.2, 0) is 6.54 Å². The summed E-state index contributed by atoms with van der Waals surface area (Å²) in [7, 11) is 0. The highest BCUT2D eigenvalue weighted by atomic mass is 16.5. The minimum atomic E-state index is 0.508. The lowest BCUT2D eigenvalue weighted by atomic mass is 10.2. The van der Waals surface area contributed by atoms with Crippen molar-refractivity contribution in [2.75, 3.05) is 0 Å². The summed E-state index contributed by atoms with van der Waals surface area (Å²) < 4.78 is 4.58. The molecule has 1 N–H and O–H groups in total. The Bertz CT molecular complexity index is 186. The molecule has 1 atom stereocenters. The lowest BCUT2D eigenvalue weighted by Crippen LogP contribution is -2.24. The number of hydrogen-bond acceptors (Lipinski definition) is 4. The van der Waals surface area contributed by atoms with Crippen LogP contribution in [0.5, 0.6) is 0 Å². The Morgan fingerprint density at radius 2 is 2.55 bits per heavy atom. The first kappa shape index (κ1) is 8.20. The third kappa shape index (κ3) is 2.67. The van der Waals surface area contributed by atoms with Crippen LogP contribution >= 0.6 is 0 Å². The number of aromatic nitrogens is 2. The smallest absolute Gasteiger partial charge is 0.213 e. The molecule has 62 valence electrons. The maximum Gasteiger partial charge on any atom is 0.213 e. The summed E-state index contributed by atoms with van der Waals surface area (Å²) >= 11 is 0. The molecule has 0 radical (unpaired) electrons. The predicted octanol–water partition coefficient (Wildman–Crippen LogP) is 0.958. The van der Waals surface area contributed by atoms with Gasteiger partial charge in [0.05, 0.1) is 6.54 Å². The Kier molecular flexibility index (Phi) is 3.04. The molecular weight excluding hydrogens is 142 g/mol. The van der Waals surface area contributed by atoms with E-state index in [2.05, 4.69) is 33.8 Å². The van der Waals surface area contributed by atoms with E-state index in [4.69, 9.17) is 0 Å². The second-order valence-electron chi connectivity index (χ2n) is 2.54. The Labute approximate surface area is 66.0 Å². The minimum Gasteiger partial charge on any atom is -0.343 e. The van der Waals surface area contributed by atoms with Crippen LogP contribution in [0, 0.1) is 0 Å². The maximum absolute atomic E-state index is 4.58. The zero-order chi connectivity index (χ0) is 8.10. The molecule has 1 unspecified atom stereocenters. The van der Waals surface area contributed by atoms with Crippen molar-refractivity contribution in [1.82, 2.24) is 15.5 Å². The summed E-state index contributed by atoms with van der Waals surface area (Å²) in [6.07, 6.45) is 2.45. The van der Waals surface area contributed by atoms with Crippen molar-refractivity contribution in [3.8, 4) is 0 Å². The van der Waals surface area contributed by atoms with Crippen molar-refractivity contribution in [3.05, 3.63) is 12.2 Å². The summed E-state index contributed by atoms with van der Waals surface area (Å²) in [5, 5.41) is 6.92. The molecule has 11 heavy (non-hydrogen) atoms. The standard InChI is InChI=1S/C7H13N3O/c1-3-6(2)8-4-7-9-5-11-10-7/h5-6,8H,3-4H2,1-2H3. The monoisotopic (exact) mass is 155 g/mol. The predicted molar refractivity (Wildman–Crippen MR) is 40.9 cm³/mol. The first-order valence-electron chi connectivity index (χ1n) is 3.81. The summed E-state index contributed by atoms with van der Waals surface area (Å²) in [5.41, 5.74) is 0. The molecule has 4 heteroatoms. The van der Waals surface area contributed by atoms with Crippen LogP contribution in [0.15, 0.2) is 10.9 Å². The van der Waals surface area contributed by atoms with E-state index in [1.807, 2.05) is 0 Å². The van der Waals surface area contributed by atoms with Gasteiger partial charge in [0, 0.05) is 6.04 Å². The minimum absolute atomic E-state index is 0.508. The number of nitrogens with zero attached hydrogens (tertiary/aromatic N) is 2. The van der Waals surface area contributed by atoms with Crippen LogP contribution in [0.2, 0.25) is 0 Å². The lowest BCUT2D eigenvalue weighted by Gasteiger charge is -2.07. The van der Waals surface area contributed by atoms with Gasteiger partial charge < -0.3 is 9.84 Å². The Hall–Kier alpha value is -0.900. The molecule has 1 aromatic rings. The van der Waals surface area contributed by atoms with E-state index < -0.39 is 0 Å². The van der Waals surface area contributed by atoms with E-state index in [1.54, 1.807) is 0 Å². The Balaban J connectivity index is 2.23. The lowest BCUT2D eigenvalue weighted by molar-refractivity contribution is 0.404. The van der Waals surface area contributed by atoms with Crippen LogP contribution in [-0.4, -0.2) is 16.2 Å². The van der Waals surface area contributed by atoms with E-state index in [9.17, 15) is 0 Å². The van der Waals surface area contributed by atoms with Crippen molar-refractivity contribution in [2.45, 2.75) is 32.9 Å². The summed E-state index contributed by atoms with van der Waals surface area (Å²) in [6.45, 7) is 4.94. The van der Waals surface area contributed by atoms with Gasteiger partial charge in [-0.2, -0.15) is 4.98 Å². The van der Waals surface area contributed by atoms with Crippen molar-refractivity contribution in [2.24, 2.45) is 0 Å². The molecular formula is C7H13N3O. The van der Waals surface area contributed by atoms with Gasteiger partial charge in [-0.05, 0) is 13.3 Å². The van der Waals surface area contributed by atoms with E-state index in [0.717, 1.165) is 6.42 Å². The highest BCUT2D eigenvalue weighted by Gasteiger charge is 2.00. The van der Waals surface area contributed by atoms with Crippen molar-refractivity contribution < 1.29 is 4.52 Å². The molecule has 0 amide bonds.